The van der Waals surface area contributed by atoms with Gasteiger partial charge in [-0.05, 0) is 32.1 Å². The van der Waals surface area contributed by atoms with Crippen LogP contribution in [0.2, 0.25) is 0 Å². The van der Waals surface area contributed by atoms with Crippen molar-refractivity contribution in [2.24, 2.45) is 0 Å². The lowest BCUT2D eigenvalue weighted by Gasteiger charge is -2.27. The summed E-state index contributed by atoms with van der Waals surface area (Å²) >= 11 is 0. The Kier molecular flexibility index (Phi) is 2.72. The Labute approximate surface area is 96.5 Å². The first-order valence-corrected chi connectivity index (χ1v) is 6.57. The highest BCUT2D eigenvalue weighted by atomic mass is 16.3. The van der Waals surface area contributed by atoms with Crippen molar-refractivity contribution >= 4 is 0 Å². The van der Waals surface area contributed by atoms with Crippen LogP contribution >= 0.6 is 0 Å². The highest BCUT2D eigenvalue weighted by Crippen LogP contribution is 2.37. The lowest BCUT2D eigenvalue weighted by Crippen LogP contribution is -2.23. The summed E-state index contributed by atoms with van der Waals surface area (Å²) < 4.78 is 2.35. The van der Waals surface area contributed by atoms with Crippen LogP contribution in [0.15, 0.2) is 6.20 Å². The molecule has 1 aliphatic carbocycles. The number of aromatic nitrogens is 2. The van der Waals surface area contributed by atoms with Crippen LogP contribution in [0.25, 0.3) is 0 Å². The maximum Gasteiger partial charge on any atom is 0.112 e. The molecule has 88 valence electrons. The highest BCUT2D eigenvalue weighted by Gasteiger charge is 2.28. The van der Waals surface area contributed by atoms with E-state index in [9.17, 15) is 5.11 Å². The number of aryl methyl sites for hydroxylation is 1. The molecule has 3 heteroatoms. The van der Waals surface area contributed by atoms with Crippen molar-refractivity contribution in [1.82, 2.24) is 9.55 Å². The zero-order valence-corrected chi connectivity index (χ0v) is 9.73. The first-order chi connectivity index (χ1) is 7.90. The predicted molar refractivity (Wildman–Crippen MR) is 62.5 cm³/mol. The first kappa shape index (κ1) is 10.3. The van der Waals surface area contributed by atoms with Crippen LogP contribution in [0, 0.1) is 0 Å². The van der Waals surface area contributed by atoms with E-state index in [0.717, 1.165) is 12.8 Å². The van der Waals surface area contributed by atoms with Crippen LogP contribution in [0.3, 0.4) is 0 Å². The zero-order valence-electron chi connectivity index (χ0n) is 9.73. The standard InChI is InChI=1S/C13H20N2O/c16-9-12-7-3-6-11-8-14-13(15(11)12)10-4-1-2-5-10/h8,10,12,16H,1-7,9H2. The van der Waals surface area contributed by atoms with E-state index in [1.807, 2.05) is 6.20 Å². The maximum atomic E-state index is 9.47. The number of aliphatic hydroxyl groups excluding tert-OH is 1. The van der Waals surface area contributed by atoms with Gasteiger partial charge < -0.3 is 9.67 Å². The van der Waals surface area contributed by atoms with E-state index in [4.69, 9.17) is 0 Å². The second-order valence-corrected chi connectivity index (χ2v) is 5.19. The number of imidazole rings is 1. The summed E-state index contributed by atoms with van der Waals surface area (Å²) in [5.74, 6) is 1.91. The highest BCUT2D eigenvalue weighted by molar-refractivity contribution is 5.14. The van der Waals surface area contributed by atoms with Crippen molar-refractivity contribution in [3.63, 3.8) is 0 Å². The second-order valence-electron chi connectivity index (χ2n) is 5.19. The molecule has 0 spiro atoms. The fourth-order valence-electron chi connectivity index (χ4n) is 3.33. The SMILES string of the molecule is OCC1CCCc2cnc(C3CCCC3)n21. The van der Waals surface area contributed by atoms with Crippen molar-refractivity contribution < 1.29 is 5.11 Å². The molecule has 2 heterocycles. The molecule has 0 aromatic carbocycles. The Bertz CT molecular complexity index is 366. The van der Waals surface area contributed by atoms with Gasteiger partial charge in [0.2, 0.25) is 0 Å². The predicted octanol–water partition coefficient (Wildman–Crippen LogP) is 2.41. The molecule has 1 saturated carbocycles. The van der Waals surface area contributed by atoms with Gasteiger partial charge in [0.25, 0.3) is 0 Å². The lowest BCUT2D eigenvalue weighted by molar-refractivity contribution is 0.203. The zero-order chi connectivity index (χ0) is 11.0. The molecular weight excluding hydrogens is 200 g/mol. The van der Waals surface area contributed by atoms with Gasteiger partial charge in [0.15, 0.2) is 0 Å². The molecule has 1 aromatic rings. The van der Waals surface area contributed by atoms with E-state index < -0.39 is 0 Å². The molecular formula is C13H20N2O. The van der Waals surface area contributed by atoms with Gasteiger partial charge in [-0.1, -0.05) is 12.8 Å². The summed E-state index contributed by atoms with van der Waals surface area (Å²) in [5, 5.41) is 9.47. The Morgan fingerprint density at radius 3 is 2.81 bits per heavy atom. The van der Waals surface area contributed by atoms with E-state index in [0.29, 0.717) is 12.0 Å². The summed E-state index contributed by atoms with van der Waals surface area (Å²) in [7, 11) is 0. The smallest absolute Gasteiger partial charge is 0.112 e. The van der Waals surface area contributed by atoms with Crippen molar-refractivity contribution in [2.45, 2.75) is 56.9 Å². The van der Waals surface area contributed by atoms with Crippen LogP contribution in [0.4, 0.5) is 0 Å². The molecule has 3 nitrogen and oxygen atoms in total. The van der Waals surface area contributed by atoms with Crippen LogP contribution < -0.4 is 0 Å². The molecule has 0 bridgehead atoms. The minimum atomic E-state index is 0.267. The van der Waals surface area contributed by atoms with Crippen LogP contribution in [-0.4, -0.2) is 21.3 Å². The third-order valence-corrected chi connectivity index (χ3v) is 4.17. The van der Waals surface area contributed by atoms with Gasteiger partial charge in [-0.3, -0.25) is 0 Å². The topological polar surface area (TPSA) is 38.1 Å². The minimum Gasteiger partial charge on any atom is -0.394 e. The Morgan fingerprint density at radius 2 is 2.06 bits per heavy atom. The van der Waals surface area contributed by atoms with Gasteiger partial charge in [0, 0.05) is 17.8 Å². The van der Waals surface area contributed by atoms with Gasteiger partial charge in [-0.25, -0.2) is 4.98 Å². The lowest BCUT2D eigenvalue weighted by atomic mass is 10.0. The third kappa shape index (κ3) is 1.58. The van der Waals surface area contributed by atoms with Gasteiger partial charge in [-0.2, -0.15) is 0 Å². The van der Waals surface area contributed by atoms with Crippen molar-refractivity contribution in [3.05, 3.63) is 17.7 Å². The van der Waals surface area contributed by atoms with E-state index in [1.165, 1.54) is 43.6 Å². The maximum absolute atomic E-state index is 9.47. The van der Waals surface area contributed by atoms with Crippen molar-refractivity contribution in [3.8, 4) is 0 Å². The summed E-state index contributed by atoms with van der Waals surface area (Å²) in [6.07, 6.45) is 10.7. The summed E-state index contributed by atoms with van der Waals surface area (Å²) in [4.78, 5) is 4.63. The minimum absolute atomic E-state index is 0.267. The average Bonchev–Trinajstić information content (AvgIpc) is 2.96. The Morgan fingerprint density at radius 1 is 1.25 bits per heavy atom. The van der Waals surface area contributed by atoms with E-state index in [2.05, 4.69) is 9.55 Å². The molecule has 3 rings (SSSR count). The molecule has 0 amide bonds. The molecule has 16 heavy (non-hydrogen) atoms. The molecule has 1 fully saturated rings. The number of aliphatic hydroxyl groups is 1. The average molecular weight is 220 g/mol. The van der Waals surface area contributed by atoms with E-state index >= 15 is 0 Å². The Hall–Kier alpha value is -0.830. The molecule has 1 N–H and O–H groups in total. The molecule has 0 radical (unpaired) electrons. The van der Waals surface area contributed by atoms with Gasteiger partial charge in [0.05, 0.1) is 12.6 Å². The molecule has 1 aliphatic heterocycles. The monoisotopic (exact) mass is 220 g/mol. The van der Waals surface area contributed by atoms with Crippen molar-refractivity contribution in [2.75, 3.05) is 6.61 Å². The fraction of sp³-hybridized carbons (Fsp3) is 0.769. The fourth-order valence-corrected chi connectivity index (χ4v) is 3.33. The molecule has 2 aliphatic rings. The molecule has 0 saturated heterocycles. The molecule has 1 atom stereocenters. The van der Waals surface area contributed by atoms with Crippen LogP contribution in [-0.2, 0) is 6.42 Å². The third-order valence-electron chi connectivity index (χ3n) is 4.17. The van der Waals surface area contributed by atoms with Gasteiger partial charge in [-0.15, -0.1) is 0 Å². The normalized spacial score (nSPS) is 25.9. The largest absolute Gasteiger partial charge is 0.394 e. The second kappa shape index (κ2) is 4.21. The Balaban J connectivity index is 1.96. The van der Waals surface area contributed by atoms with Crippen LogP contribution in [0.1, 0.15) is 62.0 Å². The molecule has 1 aromatic heterocycles. The summed E-state index contributed by atoms with van der Waals surface area (Å²) in [5.41, 5.74) is 1.34. The van der Waals surface area contributed by atoms with E-state index in [-0.39, 0.29) is 6.61 Å². The summed E-state index contributed by atoms with van der Waals surface area (Å²) in [6.45, 7) is 0.267. The number of fused-ring (bicyclic) bond motifs is 1. The number of rotatable bonds is 2. The number of hydrogen-bond donors (Lipinski definition) is 1. The quantitative estimate of drug-likeness (QED) is 0.831. The van der Waals surface area contributed by atoms with Crippen LogP contribution in [0.5, 0.6) is 0 Å². The molecule has 1 unspecified atom stereocenters. The number of nitrogens with zero attached hydrogens (tertiary/aromatic N) is 2. The van der Waals surface area contributed by atoms with Gasteiger partial charge in [0.1, 0.15) is 5.82 Å². The number of hydrogen-bond acceptors (Lipinski definition) is 2. The van der Waals surface area contributed by atoms with E-state index in [1.54, 1.807) is 0 Å². The van der Waals surface area contributed by atoms with Crippen molar-refractivity contribution in [1.29, 1.82) is 0 Å². The summed E-state index contributed by atoms with van der Waals surface area (Å²) in [6, 6.07) is 0.293. The van der Waals surface area contributed by atoms with Gasteiger partial charge >= 0.3 is 0 Å². The first-order valence-electron chi connectivity index (χ1n) is 6.57.